The van der Waals surface area contributed by atoms with E-state index >= 15 is 0 Å². The van der Waals surface area contributed by atoms with Crippen LogP contribution in [0.3, 0.4) is 0 Å². The molecule has 0 saturated carbocycles. The molecule has 4 rings (SSSR count). The van der Waals surface area contributed by atoms with Gasteiger partial charge in [0.2, 0.25) is 11.7 Å². The first kappa shape index (κ1) is 24.2. The Morgan fingerprint density at radius 1 is 1.12 bits per heavy atom. The number of nitrogens with one attached hydrogen (secondary N) is 1. The van der Waals surface area contributed by atoms with Crippen LogP contribution < -0.4 is 5.32 Å². The number of phenols is 1. The Labute approximate surface area is 202 Å². The average Bonchev–Trinajstić information content (AvgIpc) is 3.33. The van der Waals surface area contributed by atoms with Gasteiger partial charge < -0.3 is 20.2 Å². The fraction of sp³-hybridized carbons (Fsp3) is 0.519. The van der Waals surface area contributed by atoms with Gasteiger partial charge >= 0.3 is 0 Å². The van der Waals surface area contributed by atoms with E-state index in [0.29, 0.717) is 11.7 Å². The maximum atomic E-state index is 12.8. The average molecular weight is 462 g/mol. The topological polar surface area (TPSA) is 81.6 Å². The minimum atomic E-state index is 0.0116. The van der Waals surface area contributed by atoms with E-state index in [9.17, 15) is 9.90 Å². The van der Waals surface area contributed by atoms with Gasteiger partial charge in [0.1, 0.15) is 5.75 Å². The Bertz CT molecular complexity index is 1020. The van der Waals surface area contributed by atoms with Gasteiger partial charge in [-0.05, 0) is 80.6 Å². The Balaban J connectivity index is 1.18. The lowest BCUT2D eigenvalue weighted by Crippen LogP contribution is -2.39. The molecule has 1 aromatic heterocycles. The van der Waals surface area contributed by atoms with Crippen molar-refractivity contribution >= 4 is 11.6 Å². The number of anilines is 1. The first-order valence-corrected chi connectivity index (χ1v) is 12.3. The largest absolute Gasteiger partial charge is 0.508 e. The number of piperidine rings is 1. The molecule has 2 aromatic rings. The molecule has 2 fully saturated rings. The number of benzene rings is 1. The molecular weight excluding hydrogens is 426 g/mol. The van der Waals surface area contributed by atoms with Crippen LogP contribution in [0.25, 0.3) is 0 Å². The van der Waals surface area contributed by atoms with Crippen molar-refractivity contribution in [3.63, 3.8) is 0 Å². The zero-order valence-electron chi connectivity index (χ0n) is 20.2. The molecule has 2 saturated heterocycles. The number of carbonyl (C=O) groups excluding carboxylic acids is 1. The molecule has 0 radical (unpaired) electrons. The number of likely N-dealkylation sites (tertiary alicyclic amines) is 2. The lowest BCUT2D eigenvalue weighted by atomic mass is 9.97. The van der Waals surface area contributed by atoms with Crippen molar-refractivity contribution in [2.45, 2.75) is 39.0 Å². The SMILES string of the molecule is CC(C)c1cc(NC(=O)[C@@H]2CCN(CCN3CCC(C#Cc4ncccn4)CC3)C2)ccc1O. The van der Waals surface area contributed by atoms with Gasteiger partial charge in [-0.1, -0.05) is 19.8 Å². The number of hydrogen-bond acceptors (Lipinski definition) is 6. The molecule has 1 atom stereocenters. The van der Waals surface area contributed by atoms with Gasteiger partial charge in [0.15, 0.2) is 0 Å². The Morgan fingerprint density at radius 2 is 1.82 bits per heavy atom. The smallest absolute Gasteiger partial charge is 0.228 e. The predicted octanol–water partition coefficient (Wildman–Crippen LogP) is 3.33. The van der Waals surface area contributed by atoms with Crippen molar-refractivity contribution in [1.29, 1.82) is 0 Å². The minimum absolute atomic E-state index is 0.0116. The van der Waals surface area contributed by atoms with Gasteiger partial charge in [0, 0.05) is 43.6 Å². The van der Waals surface area contributed by atoms with E-state index in [1.807, 2.05) is 19.9 Å². The predicted molar refractivity (Wildman–Crippen MR) is 133 cm³/mol. The van der Waals surface area contributed by atoms with Crippen LogP contribution >= 0.6 is 0 Å². The van der Waals surface area contributed by atoms with E-state index in [-0.39, 0.29) is 23.5 Å². The standard InChI is InChI=1S/C27H35N5O2/c1-20(2)24-18-23(5-6-25(24)33)30-27(34)22-10-15-32(19-22)17-16-31-13-8-21(9-14-31)4-7-26-28-11-3-12-29-26/h3,5-6,11-12,18,20-22,33H,8-10,13-17,19H2,1-2H3,(H,30,34)/t22-/m1/s1. The molecule has 34 heavy (non-hydrogen) atoms. The molecule has 0 spiro atoms. The molecule has 1 aromatic carbocycles. The number of aromatic nitrogens is 2. The van der Waals surface area contributed by atoms with Crippen LogP contribution in [0.1, 0.15) is 50.4 Å². The second-order valence-electron chi connectivity index (χ2n) is 9.66. The van der Waals surface area contributed by atoms with Crippen molar-refractivity contribution < 1.29 is 9.90 Å². The van der Waals surface area contributed by atoms with E-state index in [2.05, 4.69) is 36.9 Å². The summed E-state index contributed by atoms with van der Waals surface area (Å²) in [4.78, 5) is 26.0. The maximum Gasteiger partial charge on any atom is 0.228 e. The van der Waals surface area contributed by atoms with Crippen LogP contribution in [0, 0.1) is 23.7 Å². The Hall–Kier alpha value is -2.95. The first-order chi connectivity index (χ1) is 16.5. The molecule has 2 aliphatic heterocycles. The van der Waals surface area contributed by atoms with Gasteiger partial charge in [0.25, 0.3) is 0 Å². The van der Waals surface area contributed by atoms with Crippen LogP contribution in [-0.4, -0.2) is 70.1 Å². The van der Waals surface area contributed by atoms with Crippen LogP contribution in [0.15, 0.2) is 36.7 Å². The molecular formula is C27H35N5O2. The normalized spacial score (nSPS) is 19.7. The van der Waals surface area contributed by atoms with Gasteiger partial charge in [0.05, 0.1) is 5.92 Å². The number of phenolic OH excluding ortho intramolecular Hbond substituents is 1. The molecule has 1 amide bonds. The minimum Gasteiger partial charge on any atom is -0.508 e. The number of rotatable bonds is 6. The van der Waals surface area contributed by atoms with Crippen LogP contribution in [0.2, 0.25) is 0 Å². The fourth-order valence-corrected chi connectivity index (χ4v) is 4.70. The molecule has 7 nitrogen and oxygen atoms in total. The van der Waals surface area contributed by atoms with Crippen molar-refractivity contribution in [1.82, 2.24) is 19.8 Å². The summed E-state index contributed by atoms with van der Waals surface area (Å²) >= 11 is 0. The number of amides is 1. The highest BCUT2D eigenvalue weighted by atomic mass is 16.3. The molecule has 3 heterocycles. The molecule has 180 valence electrons. The zero-order valence-corrected chi connectivity index (χ0v) is 20.2. The third kappa shape index (κ3) is 6.55. The number of nitrogens with zero attached hydrogens (tertiary/aromatic N) is 4. The lowest BCUT2D eigenvalue weighted by molar-refractivity contribution is -0.119. The van der Waals surface area contributed by atoms with Crippen molar-refractivity contribution in [3.8, 4) is 17.6 Å². The quantitative estimate of drug-likeness (QED) is 0.507. The molecule has 0 aliphatic carbocycles. The van der Waals surface area contributed by atoms with Crippen molar-refractivity contribution in [2.24, 2.45) is 11.8 Å². The summed E-state index contributed by atoms with van der Waals surface area (Å²) in [5.41, 5.74) is 1.61. The van der Waals surface area contributed by atoms with E-state index in [1.165, 1.54) is 0 Å². The molecule has 2 N–H and O–H groups in total. The maximum absolute atomic E-state index is 12.8. The monoisotopic (exact) mass is 461 g/mol. The zero-order chi connectivity index (χ0) is 23.9. The van der Waals surface area contributed by atoms with Crippen molar-refractivity contribution in [2.75, 3.05) is 44.6 Å². The lowest BCUT2D eigenvalue weighted by Gasteiger charge is -2.31. The summed E-state index contributed by atoms with van der Waals surface area (Å²) in [5, 5.41) is 13.1. The van der Waals surface area contributed by atoms with Crippen LogP contribution in [0.4, 0.5) is 5.69 Å². The van der Waals surface area contributed by atoms with E-state index in [0.717, 1.165) is 69.8 Å². The van der Waals surface area contributed by atoms with Crippen LogP contribution in [-0.2, 0) is 4.79 Å². The summed E-state index contributed by atoms with van der Waals surface area (Å²) in [6, 6.07) is 7.12. The number of aromatic hydroxyl groups is 1. The summed E-state index contributed by atoms with van der Waals surface area (Å²) in [6.07, 6.45) is 6.50. The molecule has 0 bridgehead atoms. The highest BCUT2D eigenvalue weighted by molar-refractivity contribution is 5.93. The summed E-state index contributed by atoms with van der Waals surface area (Å²) in [5.74, 6) is 8.02. The van der Waals surface area contributed by atoms with E-state index in [4.69, 9.17) is 0 Å². The molecule has 2 aliphatic rings. The fourth-order valence-electron chi connectivity index (χ4n) is 4.70. The highest BCUT2D eigenvalue weighted by Crippen LogP contribution is 2.29. The summed E-state index contributed by atoms with van der Waals surface area (Å²) in [6.45, 7) is 9.98. The Kier molecular flexibility index (Phi) is 8.15. The van der Waals surface area contributed by atoms with Gasteiger partial charge in [-0.3, -0.25) is 4.79 Å². The highest BCUT2D eigenvalue weighted by Gasteiger charge is 2.29. The summed E-state index contributed by atoms with van der Waals surface area (Å²) < 4.78 is 0. The van der Waals surface area contributed by atoms with E-state index in [1.54, 1.807) is 30.6 Å². The Morgan fingerprint density at radius 3 is 2.56 bits per heavy atom. The number of hydrogen-bond donors (Lipinski definition) is 2. The molecule has 7 heteroatoms. The van der Waals surface area contributed by atoms with Gasteiger partial charge in [-0.2, -0.15) is 0 Å². The number of carbonyl (C=O) groups is 1. The third-order valence-corrected chi connectivity index (χ3v) is 6.83. The molecule has 0 unspecified atom stereocenters. The second kappa shape index (κ2) is 11.5. The van der Waals surface area contributed by atoms with E-state index < -0.39 is 0 Å². The summed E-state index contributed by atoms with van der Waals surface area (Å²) in [7, 11) is 0. The third-order valence-electron chi connectivity index (χ3n) is 6.83. The van der Waals surface area contributed by atoms with Crippen LogP contribution in [0.5, 0.6) is 5.75 Å². The first-order valence-electron chi connectivity index (χ1n) is 12.3. The second-order valence-corrected chi connectivity index (χ2v) is 9.66. The van der Waals surface area contributed by atoms with Gasteiger partial charge in [-0.25, -0.2) is 9.97 Å². The van der Waals surface area contributed by atoms with Gasteiger partial charge in [-0.15, -0.1) is 0 Å². The van der Waals surface area contributed by atoms with Crippen molar-refractivity contribution in [3.05, 3.63) is 48.0 Å².